The van der Waals surface area contributed by atoms with E-state index in [2.05, 4.69) is 24.5 Å². The van der Waals surface area contributed by atoms with Crippen molar-refractivity contribution in [3.05, 3.63) is 22.7 Å². The van der Waals surface area contributed by atoms with Crippen LogP contribution in [0.4, 0.5) is 0 Å². The normalized spacial score (nSPS) is 16.9. The molecule has 1 fully saturated rings. The van der Waals surface area contributed by atoms with Crippen LogP contribution in [-0.4, -0.2) is 38.8 Å². The van der Waals surface area contributed by atoms with Gasteiger partial charge in [0, 0.05) is 18.2 Å². The number of hydrogen-bond acceptors (Lipinski definition) is 4. The summed E-state index contributed by atoms with van der Waals surface area (Å²) in [6.45, 7) is 6.64. The van der Waals surface area contributed by atoms with Gasteiger partial charge in [0.05, 0.1) is 18.7 Å². The minimum atomic E-state index is -0.141. The van der Waals surface area contributed by atoms with Crippen LogP contribution in [0, 0.1) is 5.92 Å². The second-order valence-corrected chi connectivity index (χ2v) is 6.94. The Morgan fingerprint density at radius 3 is 2.80 bits per heavy atom. The van der Waals surface area contributed by atoms with Gasteiger partial charge >= 0.3 is 0 Å². The van der Waals surface area contributed by atoms with Gasteiger partial charge < -0.3 is 20.1 Å². The third kappa shape index (κ3) is 6.57. The van der Waals surface area contributed by atoms with Gasteiger partial charge in [-0.05, 0) is 43.9 Å². The topological polar surface area (TPSA) is 59.6 Å². The largest absolute Gasteiger partial charge is 0.493 e. The minimum absolute atomic E-state index is 0. The zero-order valence-corrected chi connectivity index (χ0v) is 16.6. The van der Waals surface area contributed by atoms with Crippen LogP contribution in [0.15, 0.2) is 12.1 Å². The summed E-state index contributed by atoms with van der Waals surface area (Å²) in [4.78, 5) is 12.5. The van der Waals surface area contributed by atoms with Gasteiger partial charge in [-0.15, -0.1) is 12.4 Å². The summed E-state index contributed by atoms with van der Waals surface area (Å²) in [6, 6.07) is 3.47. The van der Waals surface area contributed by atoms with Crippen LogP contribution in [0.2, 0.25) is 5.02 Å². The van der Waals surface area contributed by atoms with Crippen LogP contribution < -0.4 is 20.1 Å². The maximum absolute atomic E-state index is 12.5. The van der Waals surface area contributed by atoms with Crippen LogP contribution in [-0.2, 0) is 0 Å². The molecular weight excluding hydrogens is 363 g/mol. The lowest BCUT2D eigenvalue weighted by molar-refractivity contribution is 0.0930. The van der Waals surface area contributed by atoms with Crippen molar-refractivity contribution in [2.75, 3.05) is 26.8 Å². The smallest absolute Gasteiger partial charge is 0.251 e. The first kappa shape index (κ1) is 21.9. The second kappa shape index (κ2) is 10.7. The summed E-state index contributed by atoms with van der Waals surface area (Å²) >= 11 is 6.32. The molecule has 1 aliphatic rings. The third-order valence-electron chi connectivity index (χ3n) is 4.07. The van der Waals surface area contributed by atoms with Gasteiger partial charge in [0.2, 0.25) is 0 Å². The summed E-state index contributed by atoms with van der Waals surface area (Å²) in [6.07, 6.45) is 2.98. The fraction of sp³-hybridized carbons (Fsp3) is 0.611. The lowest BCUT2D eigenvalue weighted by Gasteiger charge is -2.24. The van der Waals surface area contributed by atoms with Crippen molar-refractivity contribution >= 4 is 29.9 Å². The molecule has 142 valence electrons. The van der Waals surface area contributed by atoms with Gasteiger partial charge in [-0.3, -0.25) is 4.79 Å². The molecule has 7 heteroatoms. The van der Waals surface area contributed by atoms with E-state index in [0.29, 0.717) is 34.6 Å². The number of amides is 1. The highest BCUT2D eigenvalue weighted by Crippen LogP contribution is 2.36. The molecule has 1 saturated heterocycles. The molecule has 2 N–H and O–H groups in total. The van der Waals surface area contributed by atoms with Crippen molar-refractivity contribution in [3.63, 3.8) is 0 Å². The number of benzene rings is 1. The molecule has 0 bridgehead atoms. The molecule has 1 aliphatic heterocycles. The number of ether oxygens (including phenoxy) is 2. The van der Waals surface area contributed by atoms with Crippen LogP contribution in [0.1, 0.15) is 43.5 Å². The predicted octanol–water partition coefficient (Wildman–Crippen LogP) is 3.68. The van der Waals surface area contributed by atoms with Gasteiger partial charge in [0.25, 0.3) is 5.91 Å². The number of nitrogens with one attached hydrogen (secondary N) is 2. The monoisotopic (exact) mass is 390 g/mol. The molecule has 25 heavy (non-hydrogen) atoms. The number of carbonyl (C=O) groups excluding carboxylic acids is 1. The maximum Gasteiger partial charge on any atom is 0.251 e. The summed E-state index contributed by atoms with van der Waals surface area (Å²) in [5, 5.41) is 6.71. The molecule has 0 aromatic heterocycles. The van der Waals surface area contributed by atoms with Gasteiger partial charge in [-0.1, -0.05) is 25.4 Å². The van der Waals surface area contributed by atoms with Crippen LogP contribution in [0.5, 0.6) is 11.5 Å². The number of hydrogen-bond donors (Lipinski definition) is 2. The van der Waals surface area contributed by atoms with Crippen molar-refractivity contribution in [1.29, 1.82) is 0 Å². The Morgan fingerprint density at radius 1 is 1.44 bits per heavy atom. The van der Waals surface area contributed by atoms with E-state index in [0.717, 1.165) is 32.4 Å². The highest BCUT2D eigenvalue weighted by Gasteiger charge is 2.19. The molecule has 1 aromatic rings. The molecule has 1 heterocycles. The Balaban J connectivity index is 0.00000312. The average molecular weight is 391 g/mol. The van der Waals surface area contributed by atoms with E-state index in [1.54, 1.807) is 19.2 Å². The van der Waals surface area contributed by atoms with Crippen LogP contribution in [0.25, 0.3) is 0 Å². The SMILES string of the molecule is COc1cc(C(=O)NC2CCCNC2)cc(Cl)c1OCCC(C)C.Cl. The molecule has 1 amide bonds. The molecule has 5 nitrogen and oxygen atoms in total. The van der Waals surface area contributed by atoms with E-state index < -0.39 is 0 Å². The third-order valence-corrected chi connectivity index (χ3v) is 4.35. The fourth-order valence-corrected chi connectivity index (χ4v) is 2.90. The van der Waals surface area contributed by atoms with Gasteiger partial charge in [0.15, 0.2) is 11.5 Å². The Bertz CT molecular complexity index is 561. The minimum Gasteiger partial charge on any atom is -0.493 e. The molecule has 1 aromatic carbocycles. The molecule has 2 rings (SSSR count). The van der Waals surface area contributed by atoms with E-state index in [-0.39, 0.29) is 24.4 Å². The Labute approximate surface area is 161 Å². The Kier molecular flexibility index (Phi) is 9.39. The lowest BCUT2D eigenvalue weighted by atomic mass is 10.1. The number of methoxy groups -OCH3 is 1. The van der Waals surface area contributed by atoms with Crippen molar-refractivity contribution < 1.29 is 14.3 Å². The van der Waals surface area contributed by atoms with Crippen molar-refractivity contribution in [1.82, 2.24) is 10.6 Å². The molecule has 1 atom stereocenters. The van der Waals surface area contributed by atoms with E-state index >= 15 is 0 Å². The first-order chi connectivity index (χ1) is 11.5. The predicted molar refractivity (Wildman–Crippen MR) is 104 cm³/mol. The lowest BCUT2D eigenvalue weighted by Crippen LogP contribution is -2.45. The quantitative estimate of drug-likeness (QED) is 0.745. The molecule has 0 saturated carbocycles. The van der Waals surface area contributed by atoms with E-state index in [1.165, 1.54) is 0 Å². The number of halogens is 2. The highest BCUT2D eigenvalue weighted by atomic mass is 35.5. The molecule has 1 unspecified atom stereocenters. The van der Waals surface area contributed by atoms with Crippen LogP contribution >= 0.6 is 24.0 Å². The molecule has 0 aliphatic carbocycles. The number of rotatable bonds is 7. The van der Waals surface area contributed by atoms with Crippen LogP contribution in [0.3, 0.4) is 0 Å². The summed E-state index contributed by atoms with van der Waals surface area (Å²) < 4.78 is 11.1. The van der Waals surface area contributed by atoms with Crippen molar-refractivity contribution in [2.24, 2.45) is 5.92 Å². The molecule has 0 spiro atoms. The Morgan fingerprint density at radius 2 is 2.20 bits per heavy atom. The maximum atomic E-state index is 12.5. The summed E-state index contributed by atoms with van der Waals surface area (Å²) in [5.41, 5.74) is 0.485. The molecule has 0 radical (unpaired) electrons. The van der Waals surface area contributed by atoms with E-state index in [9.17, 15) is 4.79 Å². The van der Waals surface area contributed by atoms with E-state index in [1.807, 2.05) is 0 Å². The number of piperidine rings is 1. The van der Waals surface area contributed by atoms with Gasteiger partial charge in [0.1, 0.15) is 0 Å². The van der Waals surface area contributed by atoms with Crippen molar-refractivity contribution in [3.8, 4) is 11.5 Å². The second-order valence-electron chi connectivity index (χ2n) is 6.54. The van der Waals surface area contributed by atoms with Gasteiger partial charge in [-0.2, -0.15) is 0 Å². The highest BCUT2D eigenvalue weighted by molar-refractivity contribution is 6.32. The average Bonchev–Trinajstić information content (AvgIpc) is 2.56. The summed E-state index contributed by atoms with van der Waals surface area (Å²) in [5.74, 6) is 1.38. The standard InChI is InChI=1S/C18H27ClN2O3.ClH/c1-12(2)6-8-24-17-15(19)9-13(10-16(17)23-3)18(22)21-14-5-4-7-20-11-14;/h9-10,12,14,20H,4-8,11H2,1-3H3,(H,21,22);1H. The van der Waals surface area contributed by atoms with Crippen molar-refractivity contribution in [2.45, 2.75) is 39.2 Å². The number of carbonyl (C=O) groups is 1. The zero-order valence-electron chi connectivity index (χ0n) is 15.1. The first-order valence-corrected chi connectivity index (χ1v) is 8.91. The fourth-order valence-electron chi connectivity index (χ4n) is 2.63. The zero-order chi connectivity index (χ0) is 17.5. The van der Waals surface area contributed by atoms with Gasteiger partial charge in [-0.25, -0.2) is 0 Å². The Hall–Kier alpha value is -1.17. The summed E-state index contributed by atoms with van der Waals surface area (Å²) in [7, 11) is 1.55. The first-order valence-electron chi connectivity index (χ1n) is 8.53. The van der Waals surface area contributed by atoms with E-state index in [4.69, 9.17) is 21.1 Å². The molecular formula is C18H28Cl2N2O3.